The van der Waals surface area contributed by atoms with Crippen molar-refractivity contribution in [2.24, 2.45) is 17.3 Å². The van der Waals surface area contributed by atoms with E-state index in [1.54, 1.807) is 0 Å². The Morgan fingerprint density at radius 2 is 1.94 bits per heavy atom. The summed E-state index contributed by atoms with van der Waals surface area (Å²) in [7, 11) is 0. The number of amides is 1. The second kappa shape index (κ2) is 5.72. The first-order chi connectivity index (χ1) is 8.23. The molecule has 2 N–H and O–H groups in total. The molecule has 1 fully saturated rings. The molecular weight excluding hydrogens is 230 g/mol. The fraction of sp³-hybridized carbons (Fsp3) is 0.857. The van der Waals surface area contributed by atoms with Crippen molar-refractivity contribution in [2.45, 2.75) is 59.4 Å². The molecule has 4 heteroatoms. The third kappa shape index (κ3) is 4.00. The van der Waals surface area contributed by atoms with Gasteiger partial charge in [-0.2, -0.15) is 0 Å². The van der Waals surface area contributed by atoms with Crippen molar-refractivity contribution >= 4 is 11.9 Å². The number of rotatable bonds is 4. The SMILES string of the molecule is CC(C)[C@@H](NC(=O)C1CCCC(C)(C)C1)C(=O)O. The summed E-state index contributed by atoms with van der Waals surface area (Å²) in [4.78, 5) is 23.2. The second-order valence-corrected chi connectivity index (χ2v) is 6.53. The van der Waals surface area contributed by atoms with E-state index in [0.29, 0.717) is 0 Å². The number of carboxylic acid groups (broad SMARTS) is 1. The highest BCUT2D eigenvalue weighted by atomic mass is 16.4. The van der Waals surface area contributed by atoms with E-state index in [1.807, 2.05) is 13.8 Å². The maximum absolute atomic E-state index is 12.1. The average Bonchev–Trinajstić information content (AvgIpc) is 2.23. The molecule has 1 aliphatic carbocycles. The monoisotopic (exact) mass is 255 g/mol. The third-order valence-electron chi connectivity index (χ3n) is 3.81. The van der Waals surface area contributed by atoms with Crippen molar-refractivity contribution in [1.29, 1.82) is 0 Å². The summed E-state index contributed by atoms with van der Waals surface area (Å²) >= 11 is 0. The highest BCUT2D eigenvalue weighted by Gasteiger charge is 2.34. The van der Waals surface area contributed by atoms with E-state index in [4.69, 9.17) is 5.11 Å². The lowest BCUT2D eigenvalue weighted by Crippen LogP contribution is -2.47. The van der Waals surface area contributed by atoms with Gasteiger partial charge in [-0.1, -0.05) is 34.1 Å². The summed E-state index contributed by atoms with van der Waals surface area (Å²) in [5, 5.41) is 11.8. The molecule has 1 saturated carbocycles. The molecule has 18 heavy (non-hydrogen) atoms. The maximum atomic E-state index is 12.1. The molecule has 2 atom stereocenters. The lowest BCUT2D eigenvalue weighted by atomic mass is 9.72. The van der Waals surface area contributed by atoms with Crippen LogP contribution >= 0.6 is 0 Å². The molecule has 1 unspecified atom stereocenters. The van der Waals surface area contributed by atoms with Gasteiger partial charge in [-0.25, -0.2) is 4.79 Å². The normalized spacial score (nSPS) is 24.6. The third-order valence-corrected chi connectivity index (χ3v) is 3.81. The number of carbonyl (C=O) groups is 2. The minimum Gasteiger partial charge on any atom is -0.480 e. The molecule has 0 aliphatic heterocycles. The molecule has 0 heterocycles. The van der Waals surface area contributed by atoms with Crippen LogP contribution in [0.25, 0.3) is 0 Å². The zero-order valence-corrected chi connectivity index (χ0v) is 11.8. The summed E-state index contributed by atoms with van der Waals surface area (Å²) in [6.45, 7) is 7.96. The molecule has 1 aliphatic rings. The van der Waals surface area contributed by atoms with Gasteiger partial charge >= 0.3 is 5.97 Å². The highest BCUT2D eigenvalue weighted by Crippen LogP contribution is 2.38. The number of hydrogen-bond donors (Lipinski definition) is 2. The lowest BCUT2D eigenvalue weighted by Gasteiger charge is -2.35. The van der Waals surface area contributed by atoms with Gasteiger partial charge in [-0.05, 0) is 30.6 Å². The summed E-state index contributed by atoms with van der Waals surface area (Å²) < 4.78 is 0. The van der Waals surface area contributed by atoms with Crippen molar-refractivity contribution in [3.63, 3.8) is 0 Å². The Labute approximate surface area is 109 Å². The number of aliphatic carboxylic acids is 1. The first kappa shape index (κ1) is 15.0. The molecule has 0 aromatic rings. The summed E-state index contributed by atoms with van der Waals surface area (Å²) in [5.74, 6) is -1.17. The maximum Gasteiger partial charge on any atom is 0.326 e. The summed E-state index contributed by atoms with van der Waals surface area (Å²) in [5.41, 5.74) is 0.191. The van der Waals surface area contributed by atoms with E-state index in [9.17, 15) is 9.59 Å². The van der Waals surface area contributed by atoms with Crippen molar-refractivity contribution < 1.29 is 14.7 Å². The molecule has 104 valence electrons. The molecule has 0 spiro atoms. The first-order valence-corrected chi connectivity index (χ1v) is 6.76. The predicted molar refractivity (Wildman–Crippen MR) is 70.1 cm³/mol. The van der Waals surface area contributed by atoms with Crippen molar-refractivity contribution in [3.05, 3.63) is 0 Å². The molecule has 1 amide bonds. The average molecular weight is 255 g/mol. The van der Waals surface area contributed by atoms with E-state index < -0.39 is 12.0 Å². The van der Waals surface area contributed by atoms with Gasteiger partial charge in [0.05, 0.1) is 0 Å². The van der Waals surface area contributed by atoms with Gasteiger partial charge in [0.2, 0.25) is 5.91 Å². The fourth-order valence-corrected chi connectivity index (χ4v) is 2.71. The van der Waals surface area contributed by atoms with Crippen LogP contribution in [0.4, 0.5) is 0 Å². The topological polar surface area (TPSA) is 66.4 Å². The number of carboxylic acids is 1. The number of hydrogen-bond acceptors (Lipinski definition) is 2. The Morgan fingerprint density at radius 1 is 1.33 bits per heavy atom. The van der Waals surface area contributed by atoms with E-state index in [2.05, 4.69) is 19.2 Å². The first-order valence-electron chi connectivity index (χ1n) is 6.76. The molecule has 1 rings (SSSR count). The van der Waals surface area contributed by atoms with Crippen LogP contribution in [0.2, 0.25) is 0 Å². The Hall–Kier alpha value is -1.06. The van der Waals surface area contributed by atoms with Crippen LogP contribution in [0.15, 0.2) is 0 Å². The molecule has 0 saturated heterocycles. The second-order valence-electron chi connectivity index (χ2n) is 6.53. The Bertz CT molecular complexity index is 323. The lowest BCUT2D eigenvalue weighted by molar-refractivity contribution is -0.144. The zero-order valence-electron chi connectivity index (χ0n) is 11.8. The van der Waals surface area contributed by atoms with Gasteiger partial charge in [0, 0.05) is 5.92 Å². The minimum atomic E-state index is -0.951. The van der Waals surface area contributed by atoms with Gasteiger partial charge in [0.25, 0.3) is 0 Å². The van der Waals surface area contributed by atoms with Crippen LogP contribution in [-0.2, 0) is 9.59 Å². The smallest absolute Gasteiger partial charge is 0.326 e. The van der Waals surface area contributed by atoms with Crippen LogP contribution in [0.3, 0.4) is 0 Å². The van der Waals surface area contributed by atoms with Gasteiger partial charge in [-0.3, -0.25) is 4.79 Å². The van der Waals surface area contributed by atoms with Crippen molar-refractivity contribution in [2.75, 3.05) is 0 Å². The molecular formula is C14H25NO3. The van der Waals surface area contributed by atoms with Crippen LogP contribution in [0, 0.1) is 17.3 Å². The van der Waals surface area contributed by atoms with E-state index >= 15 is 0 Å². The van der Waals surface area contributed by atoms with Gasteiger partial charge in [0.15, 0.2) is 0 Å². The van der Waals surface area contributed by atoms with E-state index in [1.165, 1.54) is 0 Å². The van der Waals surface area contributed by atoms with Crippen LogP contribution < -0.4 is 5.32 Å². The summed E-state index contributed by atoms with van der Waals surface area (Å²) in [6.07, 6.45) is 3.91. The van der Waals surface area contributed by atoms with Gasteiger partial charge in [-0.15, -0.1) is 0 Å². The zero-order chi connectivity index (χ0) is 13.9. The number of carbonyl (C=O) groups excluding carboxylic acids is 1. The Balaban J connectivity index is 2.61. The molecule has 0 radical (unpaired) electrons. The van der Waals surface area contributed by atoms with Crippen LogP contribution in [0.1, 0.15) is 53.4 Å². The largest absolute Gasteiger partial charge is 0.480 e. The molecule has 4 nitrogen and oxygen atoms in total. The van der Waals surface area contributed by atoms with Gasteiger partial charge in [0.1, 0.15) is 6.04 Å². The summed E-state index contributed by atoms with van der Waals surface area (Å²) in [6, 6.07) is -0.775. The molecule has 0 aromatic carbocycles. The minimum absolute atomic E-state index is 0.0330. The highest BCUT2D eigenvalue weighted by molar-refractivity contribution is 5.85. The van der Waals surface area contributed by atoms with Crippen molar-refractivity contribution in [3.8, 4) is 0 Å². The van der Waals surface area contributed by atoms with E-state index in [-0.39, 0.29) is 23.2 Å². The fourth-order valence-electron chi connectivity index (χ4n) is 2.71. The predicted octanol–water partition coefficient (Wildman–Crippen LogP) is 2.43. The quantitative estimate of drug-likeness (QED) is 0.810. The molecule has 0 bridgehead atoms. The standard InChI is InChI=1S/C14H25NO3/c1-9(2)11(13(17)18)15-12(16)10-6-5-7-14(3,4)8-10/h9-11H,5-8H2,1-4H3,(H,15,16)(H,17,18)/t10?,11-/m1/s1. The van der Waals surface area contributed by atoms with Crippen molar-refractivity contribution in [1.82, 2.24) is 5.32 Å². The van der Waals surface area contributed by atoms with Gasteiger partial charge < -0.3 is 10.4 Å². The Kier molecular flexibility index (Phi) is 4.77. The molecule has 0 aromatic heterocycles. The van der Waals surface area contributed by atoms with E-state index in [0.717, 1.165) is 25.7 Å². The Morgan fingerprint density at radius 3 is 2.39 bits per heavy atom. The van der Waals surface area contributed by atoms with Crippen LogP contribution in [0.5, 0.6) is 0 Å². The number of nitrogens with one attached hydrogen (secondary N) is 1. The van der Waals surface area contributed by atoms with Crippen LogP contribution in [-0.4, -0.2) is 23.0 Å².